The fourth-order valence-electron chi connectivity index (χ4n) is 1.75. The third-order valence-electron chi connectivity index (χ3n) is 3.00. The van der Waals surface area contributed by atoms with Crippen LogP contribution >= 0.6 is 67.8 Å². The summed E-state index contributed by atoms with van der Waals surface area (Å²) >= 11 is 5.80. The van der Waals surface area contributed by atoms with Crippen LogP contribution in [0.4, 0.5) is 0 Å². The maximum absolute atomic E-state index is 11.2. The monoisotopic (exact) mass is 673 g/mol. The molecule has 0 bridgehead atoms. The molecule has 122 valence electrons. The number of hydrogen-bond acceptors (Lipinski definition) is 4. The van der Waals surface area contributed by atoms with Crippen molar-refractivity contribution in [3.05, 3.63) is 51.6 Å². The van der Waals surface area contributed by atoms with Gasteiger partial charge in [-0.2, -0.15) is 0 Å². The summed E-state index contributed by atoms with van der Waals surface area (Å²) in [5, 5.41) is 20.4. The third-order valence-corrected chi connectivity index (χ3v) is 7.82. The zero-order chi connectivity index (χ0) is 17.2. The van der Waals surface area contributed by atoms with Crippen LogP contribution in [0, 0.1) is 3.57 Å². The number of ether oxygens (including phenoxy) is 1. The molecular weight excluding hydrogens is 662 g/mol. The Labute approximate surface area is 202 Å². The maximum Gasteiger partial charge on any atom is 1.00 e. The topological polar surface area (TPSA) is 95.6 Å². The van der Waals surface area contributed by atoms with Crippen LogP contribution in [0.1, 0.15) is 9.49 Å². The minimum absolute atomic E-state index is 0. The minimum atomic E-state index is -1.39. The Kier molecular flexibility index (Phi) is 9.04. The predicted octanol–water partition coefficient (Wildman–Crippen LogP) is 0.812. The fraction of sp³-hybridized carbons (Fsp3) is 0.133. The van der Waals surface area contributed by atoms with Gasteiger partial charge in [-0.25, -0.2) is 4.79 Å². The second-order valence-corrected chi connectivity index (χ2v) is 8.89. The van der Waals surface area contributed by atoms with Crippen LogP contribution in [0.25, 0.3) is 0 Å². The van der Waals surface area contributed by atoms with Gasteiger partial charge in [-0.15, -0.1) is 5.75 Å². The van der Waals surface area contributed by atoms with Crippen LogP contribution in [0.15, 0.2) is 42.5 Å². The number of nitrogens with two attached hydrogens (primary N) is 1. The number of carbonyl (C=O) groups is 1. The first kappa shape index (κ1) is 22.7. The Morgan fingerprint density at radius 1 is 1.25 bits per heavy atom. The van der Waals surface area contributed by atoms with E-state index in [1.165, 1.54) is 12.1 Å². The molecule has 2 aromatic carbocycles. The van der Waals surface area contributed by atoms with Gasteiger partial charge >= 0.3 is 35.5 Å². The number of benzene rings is 2. The number of carboxylic acids is 1. The molecule has 0 aromatic heterocycles. The molecule has 0 aliphatic heterocycles. The number of carboxylic acid groups (broad SMARTS) is 1. The molecule has 24 heavy (non-hydrogen) atoms. The van der Waals surface area contributed by atoms with Crippen LogP contribution in [-0.2, 0) is 4.79 Å². The van der Waals surface area contributed by atoms with Crippen molar-refractivity contribution in [3.63, 3.8) is 0 Å². The van der Waals surface area contributed by atoms with Gasteiger partial charge in [0.25, 0.3) is 0 Å². The first-order valence-electron chi connectivity index (χ1n) is 6.31. The average molecular weight is 673 g/mol. The van der Waals surface area contributed by atoms with Crippen molar-refractivity contribution in [1.82, 2.24) is 0 Å². The molecule has 2 atom stereocenters. The molecule has 0 aliphatic rings. The normalized spacial score (nSPS) is 14.2. The number of rotatable bonds is 5. The Morgan fingerprint density at radius 2 is 1.83 bits per heavy atom. The van der Waals surface area contributed by atoms with Crippen LogP contribution in [0.5, 0.6) is 17.2 Å². The molecule has 0 fully saturated rings. The van der Waals surface area contributed by atoms with E-state index in [0.717, 1.165) is 9.13 Å². The van der Waals surface area contributed by atoms with E-state index in [1.807, 2.05) is 45.2 Å². The second kappa shape index (κ2) is 9.55. The summed E-state index contributed by atoms with van der Waals surface area (Å²) in [5.41, 5.74) is 6.64. The maximum atomic E-state index is 11.2. The number of hydrogen-bond donors (Lipinski definition) is 2. The first-order chi connectivity index (χ1) is 10.7. The summed E-state index contributed by atoms with van der Waals surface area (Å²) in [5.74, 6) is 0.0572. The molecule has 0 radical (unpaired) electrons. The smallest absolute Gasteiger partial charge is 0.872 e. The van der Waals surface area contributed by atoms with Gasteiger partial charge in [-0.05, 0) is 68.9 Å². The Hall–Kier alpha value is 0.660. The molecule has 2 rings (SSSR count). The molecule has 0 saturated heterocycles. The Morgan fingerprint density at radius 3 is 2.33 bits per heavy atom. The summed E-state index contributed by atoms with van der Waals surface area (Å²) in [6.45, 7) is 0. The van der Waals surface area contributed by atoms with Crippen LogP contribution in [0.3, 0.4) is 0 Å². The standard InChI is InChI=1S/C15H12I3NO4.Na/c16-11-7-9(20)3-6-12(11)23-10-4-1-8(2-5-10)13(17)15(18,19)14(21)22;/h1-7,13,20H,19H2,(H,21,22);/q;+1/p-1/t13-,15+;/m0./s1. The molecule has 0 aliphatic carbocycles. The van der Waals surface area contributed by atoms with Gasteiger partial charge in [-0.1, -0.05) is 46.9 Å². The van der Waals surface area contributed by atoms with Gasteiger partial charge in [-0.3, -0.25) is 0 Å². The fourth-order valence-corrected chi connectivity index (χ4v) is 3.39. The minimum Gasteiger partial charge on any atom is -0.872 e. The van der Waals surface area contributed by atoms with E-state index >= 15 is 0 Å². The zero-order valence-corrected chi connectivity index (χ0v) is 21.0. The van der Waals surface area contributed by atoms with Crippen molar-refractivity contribution in [2.24, 2.45) is 5.73 Å². The van der Waals surface area contributed by atoms with Gasteiger partial charge in [0.2, 0.25) is 0 Å². The van der Waals surface area contributed by atoms with Crippen LogP contribution in [-0.4, -0.2) is 14.6 Å². The first-order valence-corrected chi connectivity index (χ1v) is 9.71. The van der Waals surface area contributed by atoms with E-state index in [4.69, 9.17) is 10.5 Å². The molecule has 9 heteroatoms. The van der Waals surface area contributed by atoms with Gasteiger partial charge in [0.05, 0.1) is 7.49 Å². The Balaban J connectivity index is 0.00000288. The zero-order valence-electron chi connectivity index (χ0n) is 12.5. The van der Waals surface area contributed by atoms with E-state index in [9.17, 15) is 15.0 Å². The molecule has 0 amide bonds. The predicted molar refractivity (Wildman–Crippen MR) is 110 cm³/mol. The second-order valence-electron chi connectivity index (χ2n) is 4.70. The third kappa shape index (κ3) is 5.58. The molecule has 0 unspecified atom stereocenters. The van der Waals surface area contributed by atoms with Crippen molar-refractivity contribution in [1.29, 1.82) is 0 Å². The molecule has 0 spiro atoms. The number of halogens is 3. The molecule has 0 heterocycles. The van der Waals surface area contributed by atoms with Crippen LogP contribution < -0.4 is 45.1 Å². The molecule has 3 N–H and O–H groups in total. The van der Waals surface area contributed by atoms with Crippen molar-refractivity contribution in [3.8, 4) is 17.2 Å². The van der Waals surface area contributed by atoms with Crippen molar-refractivity contribution in [2.75, 3.05) is 0 Å². The number of aliphatic carboxylic acids is 1. The van der Waals surface area contributed by atoms with E-state index in [0.29, 0.717) is 11.5 Å². The average Bonchev–Trinajstić information content (AvgIpc) is 2.50. The van der Waals surface area contributed by atoms with Crippen LogP contribution in [0.2, 0.25) is 0 Å². The van der Waals surface area contributed by atoms with Gasteiger partial charge < -0.3 is 20.7 Å². The van der Waals surface area contributed by atoms with Crippen molar-refractivity contribution < 1.29 is 49.3 Å². The van der Waals surface area contributed by atoms with E-state index in [2.05, 4.69) is 0 Å². The van der Waals surface area contributed by atoms with E-state index < -0.39 is 13.4 Å². The molecular formula is C15H11I3NNaO4. The SMILES string of the molecule is N[C@@](I)(C(=O)O)[C@@H](I)c1ccc(Oc2ccc([O-])cc2I)cc1.[Na+]. The molecule has 5 nitrogen and oxygen atoms in total. The molecule has 2 aromatic rings. The van der Waals surface area contributed by atoms with Gasteiger partial charge in [0.1, 0.15) is 11.5 Å². The summed E-state index contributed by atoms with van der Waals surface area (Å²) in [7, 11) is 0. The quantitative estimate of drug-likeness (QED) is 0.212. The summed E-state index contributed by atoms with van der Waals surface area (Å²) < 4.78 is 4.68. The van der Waals surface area contributed by atoms with Crippen molar-refractivity contribution in [2.45, 2.75) is 7.47 Å². The van der Waals surface area contributed by atoms with E-state index in [1.54, 1.807) is 52.9 Å². The number of alkyl halides is 2. The van der Waals surface area contributed by atoms with Gasteiger partial charge in [0.15, 0.2) is 3.55 Å². The summed E-state index contributed by atoms with van der Waals surface area (Å²) in [6, 6.07) is 11.6. The Bertz CT molecular complexity index is 725. The van der Waals surface area contributed by atoms with Gasteiger partial charge in [0, 0.05) is 0 Å². The summed E-state index contributed by atoms with van der Waals surface area (Å²) in [4.78, 5) is 11.2. The van der Waals surface area contributed by atoms with E-state index in [-0.39, 0.29) is 35.3 Å². The summed E-state index contributed by atoms with van der Waals surface area (Å²) in [6.07, 6.45) is 0. The van der Waals surface area contributed by atoms with Crippen molar-refractivity contribution >= 4 is 73.7 Å². The molecule has 0 saturated carbocycles. The largest absolute Gasteiger partial charge is 1.00 e.